The first-order valence-electron chi connectivity index (χ1n) is 8.49. The van der Waals surface area contributed by atoms with Crippen LogP contribution >= 0.6 is 23.4 Å². The molecular weight excluding hydrogens is 404 g/mol. The zero-order chi connectivity index (χ0) is 19.0. The number of nitrogens with zero attached hydrogens (tertiary/aromatic N) is 2. The quantitative estimate of drug-likeness (QED) is 0.762. The van der Waals surface area contributed by atoms with Gasteiger partial charge in [0.1, 0.15) is 0 Å². The van der Waals surface area contributed by atoms with Crippen LogP contribution in [0.15, 0.2) is 59.6 Å². The van der Waals surface area contributed by atoms with Gasteiger partial charge in [-0.15, -0.1) is 0 Å². The number of halogens is 1. The average Bonchev–Trinajstić information content (AvgIpc) is 3.07. The molecule has 1 amide bonds. The molecule has 0 saturated carbocycles. The van der Waals surface area contributed by atoms with Crippen LogP contribution in [0, 0.1) is 0 Å². The van der Waals surface area contributed by atoms with E-state index in [0.717, 1.165) is 11.3 Å². The highest BCUT2D eigenvalue weighted by molar-refractivity contribution is 8.16. The van der Waals surface area contributed by atoms with Gasteiger partial charge >= 0.3 is 0 Å². The predicted molar refractivity (Wildman–Crippen MR) is 110 cm³/mol. The maximum absolute atomic E-state index is 12.5. The number of aliphatic imine (C=N–C) groups is 1. The Labute approximate surface area is 167 Å². The molecule has 0 radical (unpaired) electrons. The normalized spacial score (nSPS) is 24.9. The standard InChI is InChI=1S/C19H17ClN2O3S2/c20-14-6-8-15(9-7-14)22-16-11-27(24,25)12-17(16)26-19(22)21-18(23)10-13-4-2-1-3-5-13/h1-9,16-17H,10-12H2/t16-,17+/m0/s1. The van der Waals surface area contributed by atoms with E-state index in [-0.39, 0.29) is 35.1 Å². The monoisotopic (exact) mass is 420 g/mol. The number of hydrogen-bond acceptors (Lipinski definition) is 4. The van der Waals surface area contributed by atoms with Crippen molar-refractivity contribution in [2.24, 2.45) is 4.99 Å². The van der Waals surface area contributed by atoms with Gasteiger partial charge in [-0.05, 0) is 29.8 Å². The number of amidine groups is 1. The second kappa shape index (κ2) is 7.30. The number of carbonyl (C=O) groups is 1. The van der Waals surface area contributed by atoms with E-state index < -0.39 is 9.84 Å². The van der Waals surface area contributed by atoms with Crippen LogP contribution in [0.1, 0.15) is 5.56 Å². The van der Waals surface area contributed by atoms with E-state index in [1.165, 1.54) is 11.8 Å². The largest absolute Gasteiger partial charge is 0.316 e. The summed E-state index contributed by atoms with van der Waals surface area (Å²) in [5.74, 6) is -0.0668. The summed E-state index contributed by atoms with van der Waals surface area (Å²) in [6.45, 7) is 0. The van der Waals surface area contributed by atoms with Crippen LogP contribution in [0.2, 0.25) is 5.02 Å². The average molecular weight is 421 g/mol. The molecule has 2 saturated heterocycles. The van der Waals surface area contributed by atoms with Crippen molar-refractivity contribution < 1.29 is 13.2 Å². The number of amides is 1. The van der Waals surface area contributed by atoms with Crippen molar-refractivity contribution >= 4 is 50.0 Å². The van der Waals surface area contributed by atoms with Gasteiger partial charge in [0.25, 0.3) is 5.91 Å². The minimum Gasteiger partial charge on any atom is -0.316 e. The molecular formula is C19H17ClN2O3S2. The zero-order valence-electron chi connectivity index (χ0n) is 14.3. The number of thioether (sulfide) groups is 1. The lowest BCUT2D eigenvalue weighted by atomic mass is 10.1. The Morgan fingerprint density at radius 1 is 1.11 bits per heavy atom. The van der Waals surface area contributed by atoms with Crippen LogP contribution in [0.25, 0.3) is 0 Å². The van der Waals surface area contributed by atoms with Crippen molar-refractivity contribution in [1.29, 1.82) is 0 Å². The van der Waals surface area contributed by atoms with Crippen LogP contribution in [-0.2, 0) is 21.1 Å². The van der Waals surface area contributed by atoms with E-state index in [9.17, 15) is 13.2 Å². The van der Waals surface area contributed by atoms with Crippen LogP contribution < -0.4 is 4.90 Å². The van der Waals surface area contributed by atoms with Crippen LogP contribution in [-0.4, -0.2) is 42.3 Å². The van der Waals surface area contributed by atoms with Gasteiger partial charge < -0.3 is 4.90 Å². The zero-order valence-corrected chi connectivity index (χ0v) is 16.7. The summed E-state index contributed by atoms with van der Waals surface area (Å²) in [5, 5.41) is 1.04. The maximum Gasteiger partial charge on any atom is 0.252 e. The van der Waals surface area contributed by atoms with Crippen molar-refractivity contribution in [3.8, 4) is 0 Å². The van der Waals surface area contributed by atoms with E-state index >= 15 is 0 Å². The minimum atomic E-state index is -3.08. The molecule has 2 aromatic rings. The second-order valence-electron chi connectivity index (χ2n) is 6.60. The Morgan fingerprint density at radius 3 is 2.52 bits per heavy atom. The Bertz CT molecular complexity index is 991. The number of sulfone groups is 1. The van der Waals surface area contributed by atoms with Crippen LogP contribution in [0.5, 0.6) is 0 Å². The topological polar surface area (TPSA) is 66.8 Å². The van der Waals surface area contributed by atoms with Crippen LogP contribution in [0.3, 0.4) is 0 Å². The molecule has 2 fully saturated rings. The minimum absolute atomic E-state index is 0.0686. The van der Waals surface area contributed by atoms with Gasteiger partial charge in [0.05, 0.1) is 24.0 Å². The van der Waals surface area contributed by atoms with E-state index in [4.69, 9.17) is 11.6 Å². The van der Waals surface area contributed by atoms with E-state index in [1.54, 1.807) is 12.1 Å². The molecule has 0 aliphatic carbocycles. The number of benzene rings is 2. The smallest absolute Gasteiger partial charge is 0.252 e. The lowest BCUT2D eigenvalue weighted by molar-refractivity contribution is -0.117. The van der Waals surface area contributed by atoms with E-state index in [1.807, 2.05) is 47.4 Å². The fraction of sp³-hybridized carbons (Fsp3) is 0.263. The van der Waals surface area contributed by atoms with Gasteiger partial charge in [0.2, 0.25) is 0 Å². The fourth-order valence-electron chi connectivity index (χ4n) is 3.38. The van der Waals surface area contributed by atoms with Gasteiger partial charge in [0, 0.05) is 16.0 Å². The van der Waals surface area contributed by atoms with Crippen molar-refractivity contribution in [3.05, 3.63) is 65.2 Å². The summed E-state index contributed by atoms with van der Waals surface area (Å²) in [6.07, 6.45) is 0.215. The summed E-state index contributed by atoms with van der Waals surface area (Å²) in [7, 11) is -3.08. The molecule has 2 heterocycles. The lowest BCUT2D eigenvalue weighted by Gasteiger charge is -2.24. The molecule has 4 rings (SSSR count). The molecule has 0 unspecified atom stereocenters. The third-order valence-electron chi connectivity index (χ3n) is 4.59. The predicted octanol–water partition coefficient (Wildman–Crippen LogP) is 3.18. The van der Waals surface area contributed by atoms with Crippen molar-refractivity contribution in [2.45, 2.75) is 17.7 Å². The highest BCUT2D eigenvalue weighted by Crippen LogP contribution is 2.41. The Balaban J connectivity index is 1.64. The van der Waals surface area contributed by atoms with Crippen LogP contribution in [0.4, 0.5) is 5.69 Å². The highest BCUT2D eigenvalue weighted by atomic mass is 35.5. The van der Waals surface area contributed by atoms with Crippen molar-refractivity contribution in [1.82, 2.24) is 0 Å². The summed E-state index contributed by atoms with van der Waals surface area (Å²) in [5.41, 5.74) is 1.69. The first-order chi connectivity index (χ1) is 12.9. The van der Waals surface area contributed by atoms with E-state index in [2.05, 4.69) is 4.99 Å². The summed E-state index contributed by atoms with van der Waals surface area (Å²) >= 11 is 7.35. The first-order valence-corrected chi connectivity index (χ1v) is 11.6. The molecule has 0 spiro atoms. The molecule has 2 aliphatic heterocycles. The van der Waals surface area contributed by atoms with Gasteiger partial charge in [0.15, 0.2) is 15.0 Å². The van der Waals surface area contributed by atoms with Gasteiger partial charge in [-0.25, -0.2) is 8.42 Å². The molecule has 0 aromatic heterocycles. The molecule has 0 N–H and O–H groups in total. The first kappa shape index (κ1) is 18.5. The molecule has 2 aliphatic rings. The third-order valence-corrected chi connectivity index (χ3v) is 8.05. The second-order valence-corrected chi connectivity index (χ2v) is 10.4. The number of fused-ring (bicyclic) bond motifs is 1. The Morgan fingerprint density at radius 2 is 1.81 bits per heavy atom. The molecule has 140 valence electrons. The van der Waals surface area contributed by atoms with Gasteiger partial charge in [-0.1, -0.05) is 53.7 Å². The maximum atomic E-state index is 12.5. The number of hydrogen-bond donors (Lipinski definition) is 0. The summed E-state index contributed by atoms with van der Waals surface area (Å²) in [4.78, 5) is 18.7. The lowest BCUT2D eigenvalue weighted by Crippen LogP contribution is -2.37. The molecule has 0 bridgehead atoms. The summed E-state index contributed by atoms with van der Waals surface area (Å²) < 4.78 is 24.2. The Hall–Kier alpha value is -1.83. The fourth-order valence-corrected chi connectivity index (χ4v) is 7.44. The molecule has 5 nitrogen and oxygen atoms in total. The SMILES string of the molecule is O=C(Cc1ccccc1)N=C1S[C@@H]2CS(=O)(=O)C[C@@H]2N1c1ccc(Cl)cc1. The number of rotatable bonds is 3. The molecule has 8 heteroatoms. The number of anilines is 1. The highest BCUT2D eigenvalue weighted by Gasteiger charge is 2.49. The molecule has 2 atom stereocenters. The molecule has 2 aromatic carbocycles. The van der Waals surface area contributed by atoms with Crippen molar-refractivity contribution in [3.63, 3.8) is 0 Å². The molecule has 27 heavy (non-hydrogen) atoms. The van der Waals surface area contributed by atoms with Crippen molar-refractivity contribution in [2.75, 3.05) is 16.4 Å². The van der Waals surface area contributed by atoms with E-state index in [0.29, 0.717) is 10.2 Å². The van der Waals surface area contributed by atoms with Gasteiger partial charge in [-0.3, -0.25) is 4.79 Å². The third kappa shape index (κ3) is 4.05. The Kier molecular flexibility index (Phi) is 5.01. The summed E-state index contributed by atoms with van der Waals surface area (Å²) in [6, 6.07) is 16.4. The number of carbonyl (C=O) groups excluding carboxylic acids is 1. The van der Waals surface area contributed by atoms with Gasteiger partial charge in [-0.2, -0.15) is 4.99 Å².